The Morgan fingerprint density at radius 3 is 2.70 bits per heavy atom. The summed E-state index contributed by atoms with van der Waals surface area (Å²) in [5.74, 6) is -0.573. The van der Waals surface area contributed by atoms with Crippen molar-refractivity contribution >= 4 is 11.8 Å². The average Bonchev–Trinajstić information content (AvgIpc) is 3.07. The molecule has 2 N–H and O–H groups in total. The van der Waals surface area contributed by atoms with E-state index in [4.69, 9.17) is 0 Å². The van der Waals surface area contributed by atoms with Gasteiger partial charge in [0, 0.05) is 19.6 Å². The van der Waals surface area contributed by atoms with Gasteiger partial charge in [0.25, 0.3) is 11.8 Å². The van der Waals surface area contributed by atoms with E-state index in [2.05, 4.69) is 15.6 Å². The molecule has 0 bridgehead atoms. The zero-order valence-corrected chi connectivity index (χ0v) is 15.6. The largest absolute Gasteiger partial charge is 0.351 e. The maximum Gasteiger partial charge on any atom is 0.287 e. The van der Waals surface area contributed by atoms with E-state index in [0.29, 0.717) is 37.3 Å². The van der Waals surface area contributed by atoms with Gasteiger partial charge in [-0.15, -0.1) is 0 Å². The van der Waals surface area contributed by atoms with E-state index in [-0.39, 0.29) is 23.5 Å². The molecule has 3 rings (SSSR count). The molecule has 2 heterocycles. The van der Waals surface area contributed by atoms with Gasteiger partial charge in [-0.3, -0.25) is 9.59 Å². The van der Waals surface area contributed by atoms with Gasteiger partial charge in [-0.1, -0.05) is 25.1 Å². The quantitative estimate of drug-likeness (QED) is 0.784. The molecule has 6 nitrogen and oxygen atoms in total. The highest BCUT2D eigenvalue weighted by Crippen LogP contribution is 2.21. The molecule has 1 aromatic heterocycles. The lowest BCUT2D eigenvalue weighted by atomic mass is 10.1. The van der Waals surface area contributed by atoms with Crippen LogP contribution < -0.4 is 10.6 Å². The summed E-state index contributed by atoms with van der Waals surface area (Å²) in [5.41, 5.74) is 1.74. The van der Waals surface area contributed by atoms with Crippen LogP contribution in [0.4, 0.5) is 4.39 Å². The molecule has 0 saturated heterocycles. The van der Waals surface area contributed by atoms with Crippen molar-refractivity contribution in [2.75, 3.05) is 13.1 Å². The summed E-state index contributed by atoms with van der Waals surface area (Å²) in [6.07, 6.45) is 3.91. The second-order valence-corrected chi connectivity index (χ2v) is 6.69. The van der Waals surface area contributed by atoms with Gasteiger partial charge < -0.3 is 15.2 Å². The summed E-state index contributed by atoms with van der Waals surface area (Å²) in [7, 11) is 0. The van der Waals surface area contributed by atoms with Crippen LogP contribution in [0, 0.1) is 5.82 Å². The molecule has 144 valence electrons. The molecule has 2 amide bonds. The summed E-state index contributed by atoms with van der Waals surface area (Å²) in [5, 5.41) is 5.63. The highest BCUT2D eigenvalue weighted by atomic mass is 19.1. The van der Waals surface area contributed by atoms with Gasteiger partial charge in [-0.05, 0) is 43.7 Å². The van der Waals surface area contributed by atoms with Crippen LogP contribution >= 0.6 is 0 Å². The van der Waals surface area contributed by atoms with Crippen molar-refractivity contribution in [1.82, 2.24) is 20.2 Å². The predicted octanol–water partition coefficient (Wildman–Crippen LogP) is 2.47. The number of amides is 2. The van der Waals surface area contributed by atoms with Gasteiger partial charge in [0.2, 0.25) is 0 Å². The van der Waals surface area contributed by atoms with Gasteiger partial charge in [0.05, 0.1) is 5.69 Å². The molecule has 1 aliphatic rings. The molecular formula is C20H25FN4O2. The Balaban J connectivity index is 1.71. The van der Waals surface area contributed by atoms with Crippen LogP contribution in [0.3, 0.4) is 0 Å². The fourth-order valence-electron chi connectivity index (χ4n) is 3.31. The zero-order valence-electron chi connectivity index (χ0n) is 15.6. The third-order valence-corrected chi connectivity index (χ3v) is 4.71. The Kier molecular flexibility index (Phi) is 6.21. The first-order chi connectivity index (χ1) is 13.1. The van der Waals surface area contributed by atoms with Crippen LogP contribution in [0.2, 0.25) is 0 Å². The van der Waals surface area contributed by atoms with Gasteiger partial charge in [0.1, 0.15) is 11.5 Å². The SMILES string of the molecule is CCCNC(=O)c1nc(C(=O)NCCc2ccccc2F)n2c1CCCC2. The minimum Gasteiger partial charge on any atom is -0.351 e. The topological polar surface area (TPSA) is 76.0 Å². The minimum atomic E-state index is -0.330. The molecule has 0 spiro atoms. The van der Waals surface area contributed by atoms with Gasteiger partial charge >= 0.3 is 0 Å². The molecular weight excluding hydrogens is 347 g/mol. The van der Waals surface area contributed by atoms with Crippen LogP contribution in [0.5, 0.6) is 0 Å². The monoisotopic (exact) mass is 372 g/mol. The Labute approximate surface area is 158 Å². The Morgan fingerprint density at radius 1 is 1.15 bits per heavy atom. The summed E-state index contributed by atoms with van der Waals surface area (Å²) in [6.45, 7) is 3.55. The lowest BCUT2D eigenvalue weighted by molar-refractivity contribution is 0.0938. The van der Waals surface area contributed by atoms with Crippen LogP contribution in [0.15, 0.2) is 24.3 Å². The van der Waals surface area contributed by atoms with E-state index in [1.165, 1.54) is 6.07 Å². The minimum absolute atomic E-state index is 0.229. The number of benzene rings is 1. The summed E-state index contributed by atoms with van der Waals surface area (Å²) in [4.78, 5) is 29.4. The van der Waals surface area contributed by atoms with Crippen molar-refractivity contribution in [2.45, 2.75) is 45.6 Å². The lowest BCUT2D eigenvalue weighted by Crippen LogP contribution is -2.29. The van der Waals surface area contributed by atoms with E-state index < -0.39 is 0 Å². The average molecular weight is 372 g/mol. The van der Waals surface area contributed by atoms with Crippen molar-refractivity contribution < 1.29 is 14.0 Å². The zero-order chi connectivity index (χ0) is 19.2. The summed E-state index contributed by atoms with van der Waals surface area (Å²) in [6, 6.07) is 6.52. The molecule has 0 aliphatic carbocycles. The molecule has 1 aromatic carbocycles. The first-order valence-electron chi connectivity index (χ1n) is 9.51. The molecule has 0 atom stereocenters. The first-order valence-corrected chi connectivity index (χ1v) is 9.51. The highest BCUT2D eigenvalue weighted by molar-refractivity contribution is 5.97. The van der Waals surface area contributed by atoms with Crippen molar-refractivity contribution in [3.63, 3.8) is 0 Å². The molecule has 7 heteroatoms. The van der Waals surface area contributed by atoms with Gasteiger partial charge in [-0.25, -0.2) is 9.37 Å². The van der Waals surface area contributed by atoms with Crippen molar-refractivity contribution in [2.24, 2.45) is 0 Å². The third kappa shape index (κ3) is 4.35. The Hall–Kier alpha value is -2.70. The Morgan fingerprint density at radius 2 is 1.93 bits per heavy atom. The summed E-state index contributed by atoms with van der Waals surface area (Å²) < 4.78 is 15.5. The van der Waals surface area contributed by atoms with Gasteiger partial charge in [-0.2, -0.15) is 0 Å². The van der Waals surface area contributed by atoms with Crippen LogP contribution in [-0.4, -0.2) is 34.5 Å². The number of aromatic nitrogens is 2. The molecule has 27 heavy (non-hydrogen) atoms. The molecule has 2 aromatic rings. The lowest BCUT2D eigenvalue weighted by Gasteiger charge is -2.17. The number of carbonyl (C=O) groups is 2. The smallest absolute Gasteiger partial charge is 0.287 e. The molecule has 0 saturated carbocycles. The first kappa shape index (κ1) is 19.1. The van der Waals surface area contributed by atoms with Gasteiger partial charge in [0.15, 0.2) is 5.82 Å². The molecule has 0 unspecified atom stereocenters. The van der Waals surface area contributed by atoms with Crippen LogP contribution in [-0.2, 0) is 19.4 Å². The normalized spacial score (nSPS) is 13.1. The predicted molar refractivity (Wildman–Crippen MR) is 100 cm³/mol. The van der Waals surface area contributed by atoms with Crippen LogP contribution in [0.1, 0.15) is 58.6 Å². The van der Waals surface area contributed by atoms with E-state index >= 15 is 0 Å². The molecule has 1 aliphatic heterocycles. The standard InChI is InChI=1S/C20H25FN4O2/c1-2-11-22-19(26)17-16-9-5-6-13-25(16)18(24-17)20(27)23-12-10-14-7-3-4-8-15(14)21/h3-4,7-8H,2,5-6,9-13H2,1H3,(H,22,26)(H,23,27). The number of nitrogens with zero attached hydrogens (tertiary/aromatic N) is 2. The van der Waals surface area contributed by atoms with E-state index in [1.54, 1.807) is 18.2 Å². The number of hydrogen-bond donors (Lipinski definition) is 2. The third-order valence-electron chi connectivity index (χ3n) is 4.71. The molecule has 0 radical (unpaired) electrons. The van der Waals surface area contributed by atoms with E-state index in [0.717, 1.165) is 31.4 Å². The second kappa shape index (κ2) is 8.79. The number of imidazole rings is 1. The maximum atomic E-state index is 13.7. The number of hydrogen-bond acceptors (Lipinski definition) is 3. The number of nitrogens with one attached hydrogen (secondary N) is 2. The number of carbonyl (C=O) groups excluding carboxylic acids is 2. The van der Waals surface area contributed by atoms with Crippen molar-refractivity contribution in [1.29, 1.82) is 0 Å². The fourth-order valence-corrected chi connectivity index (χ4v) is 3.31. The number of rotatable bonds is 7. The van der Waals surface area contributed by atoms with Crippen molar-refractivity contribution in [3.05, 3.63) is 52.9 Å². The van der Waals surface area contributed by atoms with Crippen LogP contribution in [0.25, 0.3) is 0 Å². The maximum absolute atomic E-state index is 13.7. The van der Waals surface area contributed by atoms with E-state index in [1.807, 2.05) is 11.5 Å². The fraction of sp³-hybridized carbons (Fsp3) is 0.450. The van der Waals surface area contributed by atoms with E-state index in [9.17, 15) is 14.0 Å². The highest BCUT2D eigenvalue weighted by Gasteiger charge is 2.27. The molecule has 0 fully saturated rings. The number of halogens is 1. The number of fused-ring (bicyclic) bond motifs is 1. The van der Waals surface area contributed by atoms with Crippen molar-refractivity contribution in [3.8, 4) is 0 Å². The Bertz CT molecular complexity index is 831. The summed E-state index contributed by atoms with van der Waals surface area (Å²) >= 11 is 0. The second-order valence-electron chi connectivity index (χ2n) is 6.69.